The highest BCUT2D eigenvalue weighted by molar-refractivity contribution is 6.34. The van der Waals surface area contributed by atoms with E-state index in [2.05, 4.69) is 4.98 Å². The fraction of sp³-hybridized carbons (Fsp3) is 0. The zero-order chi connectivity index (χ0) is 9.26. The van der Waals surface area contributed by atoms with E-state index in [4.69, 9.17) is 11.6 Å². The van der Waals surface area contributed by atoms with Gasteiger partial charge in [-0.25, -0.2) is 0 Å². The number of halogens is 1. The summed E-state index contributed by atoms with van der Waals surface area (Å²) in [4.78, 5) is 14.8. The molecule has 0 amide bonds. The van der Waals surface area contributed by atoms with Crippen molar-refractivity contribution in [2.45, 2.75) is 0 Å². The van der Waals surface area contributed by atoms with E-state index in [1.165, 1.54) is 6.20 Å². The molecule has 0 bridgehead atoms. The van der Waals surface area contributed by atoms with Crippen LogP contribution in [-0.4, -0.2) is 11.3 Å². The van der Waals surface area contributed by atoms with Crippen LogP contribution in [0.15, 0.2) is 30.5 Å². The minimum absolute atomic E-state index is 0.397. The molecule has 0 aliphatic rings. The Morgan fingerprint density at radius 3 is 2.85 bits per heavy atom. The van der Waals surface area contributed by atoms with Crippen molar-refractivity contribution in [3.05, 3.63) is 41.0 Å². The number of hydrogen-bond acceptors (Lipinski definition) is 2. The zero-order valence-electron chi connectivity index (χ0n) is 6.70. The molecule has 2 aromatic rings. The second-order valence-corrected chi connectivity index (χ2v) is 3.06. The van der Waals surface area contributed by atoms with Crippen LogP contribution in [0.2, 0.25) is 5.02 Å². The molecule has 0 N–H and O–H groups in total. The number of carbonyl (C=O) groups excluding carboxylic acids is 1. The number of pyridine rings is 1. The largest absolute Gasteiger partial charge is 0.298 e. The van der Waals surface area contributed by atoms with E-state index in [1.54, 1.807) is 0 Å². The summed E-state index contributed by atoms with van der Waals surface area (Å²) in [5.74, 6) is 0. The number of carbonyl (C=O) groups is 1. The van der Waals surface area contributed by atoms with Crippen LogP contribution in [0.1, 0.15) is 10.4 Å². The zero-order valence-corrected chi connectivity index (χ0v) is 7.45. The van der Waals surface area contributed by atoms with Crippen LogP contribution in [0.5, 0.6) is 0 Å². The van der Waals surface area contributed by atoms with Gasteiger partial charge in [0.25, 0.3) is 0 Å². The number of nitrogens with zero attached hydrogens (tertiary/aromatic N) is 1. The molecule has 1 aromatic heterocycles. The van der Waals surface area contributed by atoms with Gasteiger partial charge in [-0.05, 0) is 6.07 Å². The lowest BCUT2D eigenvalue weighted by atomic mass is 10.1. The Labute approximate surface area is 80.2 Å². The molecule has 0 radical (unpaired) electrons. The minimum atomic E-state index is 0.397. The van der Waals surface area contributed by atoms with E-state index in [0.29, 0.717) is 10.6 Å². The maximum absolute atomic E-state index is 10.7. The number of rotatable bonds is 1. The summed E-state index contributed by atoms with van der Waals surface area (Å²) in [6.45, 7) is 0. The summed E-state index contributed by atoms with van der Waals surface area (Å²) < 4.78 is 0. The SMILES string of the molecule is O=Cc1c(Cl)cnc2ccccc12. The van der Waals surface area contributed by atoms with Gasteiger partial charge in [-0.2, -0.15) is 0 Å². The van der Waals surface area contributed by atoms with Gasteiger partial charge in [-0.15, -0.1) is 0 Å². The molecule has 1 heterocycles. The first kappa shape index (κ1) is 8.20. The highest BCUT2D eigenvalue weighted by atomic mass is 35.5. The Balaban J connectivity index is 2.91. The Hall–Kier alpha value is -1.41. The third-order valence-electron chi connectivity index (χ3n) is 1.89. The van der Waals surface area contributed by atoms with Crippen LogP contribution < -0.4 is 0 Å². The molecule has 0 saturated heterocycles. The molecule has 3 heteroatoms. The van der Waals surface area contributed by atoms with Gasteiger partial charge in [0.15, 0.2) is 6.29 Å². The molecule has 64 valence electrons. The van der Waals surface area contributed by atoms with Crippen molar-refractivity contribution in [3.63, 3.8) is 0 Å². The van der Waals surface area contributed by atoms with Gasteiger partial charge in [0.1, 0.15) is 0 Å². The maximum Gasteiger partial charge on any atom is 0.152 e. The standard InChI is InChI=1S/C10H6ClNO/c11-9-5-12-10-4-2-1-3-7(10)8(9)6-13/h1-6H. The lowest BCUT2D eigenvalue weighted by Crippen LogP contribution is -1.87. The molecule has 0 aliphatic carbocycles. The predicted molar refractivity (Wildman–Crippen MR) is 52.1 cm³/mol. The molecular weight excluding hydrogens is 186 g/mol. The fourth-order valence-corrected chi connectivity index (χ4v) is 1.45. The number of hydrogen-bond donors (Lipinski definition) is 0. The van der Waals surface area contributed by atoms with Crippen molar-refractivity contribution in [1.29, 1.82) is 0 Å². The highest BCUT2D eigenvalue weighted by Gasteiger charge is 2.04. The summed E-state index contributed by atoms with van der Waals surface area (Å²) in [6, 6.07) is 7.40. The van der Waals surface area contributed by atoms with Crippen LogP contribution in [-0.2, 0) is 0 Å². The summed E-state index contributed by atoms with van der Waals surface area (Å²) in [7, 11) is 0. The van der Waals surface area contributed by atoms with E-state index in [-0.39, 0.29) is 0 Å². The van der Waals surface area contributed by atoms with Gasteiger partial charge < -0.3 is 0 Å². The third-order valence-corrected chi connectivity index (χ3v) is 2.19. The van der Waals surface area contributed by atoms with Crippen molar-refractivity contribution in [2.24, 2.45) is 0 Å². The summed E-state index contributed by atoms with van der Waals surface area (Å²) in [5.41, 5.74) is 1.29. The van der Waals surface area contributed by atoms with Gasteiger partial charge in [-0.1, -0.05) is 29.8 Å². The molecule has 0 atom stereocenters. The summed E-state index contributed by atoms with van der Waals surface area (Å²) in [6.07, 6.45) is 2.25. The lowest BCUT2D eigenvalue weighted by molar-refractivity contribution is 0.112. The van der Waals surface area contributed by atoms with Crippen molar-refractivity contribution in [1.82, 2.24) is 4.98 Å². The summed E-state index contributed by atoms with van der Waals surface area (Å²) >= 11 is 5.81. The first-order valence-corrected chi connectivity index (χ1v) is 4.19. The van der Waals surface area contributed by atoms with Crippen LogP contribution in [0.4, 0.5) is 0 Å². The molecule has 2 nitrogen and oxygen atoms in total. The number of aldehydes is 1. The fourth-order valence-electron chi connectivity index (χ4n) is 1.26. The maximum atomic E-state index is 10.7. The number of benzene rings is 1. The van der Waals surface area contributed by atoms with E-state index >= 15 is 0 Å². The highest BCUT2D eigenvalue weighted by Crippen LogP contribution is 2.21. The van der Waals surface area contributed by atoms with E-state index < -0.39 is 0 Å². The van der Waals surface area contributed by atoms with Crippen molar-refractivity contribution in [3.8, 4) is 0 Å². The normalized spacial score (nSPS) is 10.2. The molecule has 2 rings (SSSR count). The van der Waals surface area contributed by atoms with Crippen molar-refractivity contribution in [2.75, 3.05) is 0 Å². The Morgan fingerprint density at radius 2 is 2.08 bits per heavy atom. The average Bonchev–Trinajstić information content (AvgIpc) is 2.18. The van der Waals surface area contributed by atoms with Gasteiger partial charge >= 0.3 is 0 Å². The smallest absolute Gasteiger partial charge is 0.152 e. The predicted octanol–water partition coefficient (Wildman–Crippen LogP) is 2.70. The van der Waals surface area contributed by atoms with Gasteiger partial charge in [-0.3, -0.25) is 9.78 Å². The van der Waals surface area contributed by atoms with Gasteiger partial charge in [0.05, 0.1) is 10.5 Å². The lowest BCUT2D eigenvalue weighted by Gasteiger charge is -2.00. The Bertz CT molecular complexity index is 467. The second-order valence-electron chi connectivity index (χ2n) is 2.65. The number of para-hydroxylation sites is 1. The molecule has 0 saturated carbocycles. The molecule has 0 aliphatic heterocycles. The number of fused-ring (bicyclic) bond motifs is 1. The van der Waals surface area contributed by atoms with E-state index in [1.807, 2.05) is 24.3 Å². The first-order chi connectivity index (χ1) is 6.33. The molecule has 0 unspecified atom stereocenters. The molecular formula is C10H6ClNO. The van der Waals surface area contributed by atoms with Crippen LogP contribution in [0, 0.1) is 0 Å². The van der Waals surface area contributed by atoms with Crippen molar-refractivity contribution >= 4 is 28.8 Å². The third kappa shape index (κ3) is 1.29. The monoisotopic (exact) mass is 191 g/mol. The first-order valence-electron chi connectivity index (χ1n) is 3.81. The molecule has 0 fully saturated rings. The number of aromatic nitrogens is 1. The minimum Gasteiger partial charge on any atom is -0.298 e. The van der Waals surface area contributed by atoms with E-state index in [9.17, 15) is 4.79 Å². The average molecular weight is 192 g/mol. The molecule has 1 aromatic carbocycles. The Morgan fingerprint density at radius 1 is 1.31 bits per heavy atom. The summed E-state index contributed by atoms with van der Waals surface area (Å²) in [5, 5.41) is 1.19. The Kier molecular flexibility index (Phi) is 1.99. The molecule has 13 heavy (non-hydrogen) atoms. The van der Waals surface area contributed by atoms with Gasteiger partial charge in [0, 0.05) is 17.1 Å². The molecule has 0 spiro atoms. The second kappa shape index (κ2) is 3.15. The van der Waals surface area contributed by atoms with Crippen LogP contribution >= 0.6 is 11.6 Å². The topological polar surface area (TPSA) is 30.0 Å². The van der Waals surface area contributed by atoms with Crippen LogP contribution in [0.25, 0.3) is 10.9 Å². The quantitative estimate of drug-likeness (QED) is 0.649. The van der Waals surface area contributed by atoms with Crippen molar-refractivity contribution < 1.29 is 4.79 Å². The van der Waals surface area contributed by atoms with Crippen LogP contribution in [0.3, 0.4) is 0 Å². The van der Waals surface area contributed by atoms with E-state index in [0.717, 1.165) is 17.2 Å². The van der Waals surface area contributed by atoms with Gasteiger partial charge in [0.2, 0.25) is 0 Å².